The SMILES string of the molecule is COC(=O)C1CCCN1C1CC(=O)N(C)C1=O. The van der Waals surface area contributed by atoms with Crippen molar-refractivity contribution in [1.82, 2.24) is 9.80 Å². The van der Waals surface area contributed by atoms with Gasteiger partial charge in [0.25, 0.3) is 0 Å². The van der Waals surface area contributed by atoms with E-state index in [1.54, 1.807) is 4.90 Å². The molecule has 0 radical (unpaired) electrons. The number of carbonyl (C=O) groups excluding carboxylic acids is 3. The van der Waals surface area contributed by atoms with Gasteiger partial charge in [-0.05, 0) is 19.4 Å². The molecule has 17 heavy (non-hydrogen) atoms. The van der Waals surface area contributed by atoms with Gasteiger partial charge in [-0.1, -0.05) is 0 Å². The van der Waals surface area contributed by atoms with Crippen LogP contribution in [0.1, 0.15) is 19.3 Å². The fourth-order valence-electron chi connectivity index (χ4n) is 2.55. The molecule has 2 heterocycles. The van der Waals surface area contributed by atoms with Crippen molar-refractivity contribution in [2.45, 2.75) is 31.3 Å². The third-order valence-electron chi connectivity index (χ3n) is 3.53. The summed E-state index contributed by atoms with van der Waals surface area (Å²) in [5.74, 6) is -0.723. The van der Waals surface area contributed by atoms with Gasteiger partial charge in [0.15, 0.2) is 0 Å². The van der Waals surface area contributed by atoms with Gasteiger partial charge in [-0.25, -0.2) is 0 Å². The van der Waals surface area contributed by atoms with Crippen molar-refractivity contribution in [2.24, 2.45) is 0 Å². The van der Waals surface area contributed by atoms with E-state index in [4.69, 9.17) is 4.74 Å². The largest absolute Gasteiger partial charge is 0.468 e. The smallest absolute Gasteiger partial charge is 0.323 e. The second kappa shape index (κ2) is 4.44. The summed E-state index contributed by atoms with van der Waals surface area (Å²) >= 11 is 0. The van der Waals surface area contributed by atoms with Crippen molar-refractivity contribution >= 4 is 17.8 Å². The van der Waals surface area contributed by atoms with Crippen molar-refractivity contribution in [1.29, 1.82) is 0 Å². The van der Waals surface area contributed by atoms with Crippen LogP contribution in [0.3, 0.4) is 0 Å². The van der Waals surface area contributed by atoms with Crippen molar-refractivity contribution < 1.29 is 19.1 Å². The molecule has 0 bridgehead atoms. The van der Waals surface area contributed by atoms with Crippen LogP contribution in [0.15, 0.2) is 0 Å². The molecule has 2 saturated heterocycles. The zero-order valence-electron chi connectivity index (χ0n) is 10.0. The number of imide groups is 1. The number of rotatable bonds is 2. The van der Waals surface area contributed by atoms with Gasteiger partial charge in [0.1, 0.15) is 6.04 Å². The van der Waals surface area contributed by atoms with E-state index in [9.17, 15) is 14.4 Å². The summed E-state index contributed by atoms with van der Waals surface area (Å²) in [6, 6.07) is -0.868. The predicted molar refractivity (Wildman–Crippen MR) is 57.9 cm³/mol. The number of ether oxygens (including phenoxy) is 1. The zero-order chi connectivity index (χ0) is 12.6. The van der Waals surface area contributed by atoms with E-state index in [2.05, 4.69) is 0 Å². The Morgan fingerprint density at radius 2 is 2.12 bits per heavy atom. The number of likely N-dealkylation sites (N-methyl/N-ethyl adjacent to an activating group) is 1. The Balaban J connectivity index is 2.14. The molecule has 0 aromatic carbocycles. The summed E-state index contributed by atoms with van der Waals surface area (Å²) in [7, 11) is 2.82. The first-order valence-corrected chi connectivity index (χ1v) is 5.70. The third kappa shape index (κ3) is 1.93. The summed E-state index contributed by atoms with van der Waals surface area (Å²) in [4.78, 5) is 37.8. The molecule has 2 atom stereocenters. The lowest BCUT2D eigenvalue weighted by atomic mass is 10.1. The lowest BCUT2D eigenvalue weighted by molar-refractivity contribution is -0.147. The zero-order valence-corrected chi connectivity index (χ0v) is 10.0. The maximum absolute atomic E-state index is 11.9. The molecule has 0 aromatic heterocycles. The van der Waals surface area contributed by atoms with Crippen molar-refractivity contribution in [3.05, 3.63) is 0 Å². The second-order valence-electron chi connectivity index (χ2n) is 4.43. The van der Waals surface area contributed by atoms with Gasteiger partial charge in [-0.3, -0.25) is 24.2 Å². The molecule has 2 amide bonds. The Bertz CT molecular complexity index is 368. The van der Waals surface area contributed by atoms with Crippen molar-refractivity contribution in [3.8, 4) is 0 Å². The van der Waals surface area contributed by atoms with Crippen molar-refractivity contribution in [3.63, 3.8) is 0 Å². The van der Waals surface area contributed by atoms with E-state index in [0.29, 0.717) is 13.0 Å². The van der Waals surface area contributed by atoms with Gasteiger partial charge in [-0.15, -0.1) is 0 Å². The summed E-state index contributed by atoms with van der Waals surface area (Å²) in [6.45, 7) is 0.664. The van der Waals surface area contributed by atoms with Crippen LogP contribution in [0.25, 0.3) is 0 Å². The number of methoxy groups -OCH3 is 1. The van der Waals surface area contributed by atoms with Crippen LogP contribution in [0.4, 0.5) is 0 Å². The fraction of sp³-hybridized carbons (Fsp3) is 0.727. The summed E-state index contributed by atoms with van der Waals surface area (Å²) in [5.41, 5.74) is 0. The average molecular weight is 240 g/mol. The highest BCUT2D eigenvalue weighted by molar-refractivity contribution is 6.05. The van der Waals surface area contributed by atoms with Crippen LogP contribution in [0, 0.1) is 0 Å². The number of nitrogens with zero attached hydrogens (tertiary/aromatic N) is 2. The Kier molecular flexibility index (Phi) is 3.15. The summed E-state index contributed by atoms with van der Waals surface area (Å²) in [6.07, 6.45) is 1.71. The monoisotopic (exact) mass is 240 g/mol. The standard InChI is InChI=1S/C11H16N2O4/c1-12-9(14)6-8(10(12)15)13-5-3-4-7(13)11(16)17-2/h7-8H,3-6H2,1-2H3. The second-order valence-corrected chi connectivity index (χ2v) is 4.43. The highest BCUT2D eigenvalue weighted by atomic mass is 16.5. The highest BCUT2D eigenvalue weighted by Crippen LogP contribution is 2.26. The summed E-state index contributed by atoms with van der Waals surface area (Å²) < 4.78 is 4.72. The Morgan fingerprint density at radius 3 is 2.65 bits per heavy atom. The molecular formula is C11H16N2O4. The number of amides is 2. The third-order valence-corrected chi connectivity index (χ3v) is 3.53. The molecule has 2 aliphatic heterocycles. The van der Waals surface area contributed by atoms with E-state index in [1.165, 1.54) is 14.2 Å². The van der Waals surface area contributed by atoms with E-state index in [-0.39, 0.29) is 30.2 Å². The van der Waals surface area contributed by atoms with Gasteiger partial charge >= 0.3 is 5.97 Å². The molecule has 6 heteroatoms. The first-order chi connectivity index (χ1) is 8.06. The number of esters is 1. The molecule has 94 valence electrons. The highest BCUT2D eigenvalue weighted by Gasteiger charge is 2.45. The molecule has 0 saturated carbocycles. The van der Waals surface area contributed by atoms with Gasteiger partial charge < -0.3 is 4.74 Å². The van der Waals surface area contributed by atoms with Crippen molar-refractivity contribution in [2.75, 3.05) is 20.7 Å². The average Bonchev–Trinajstić information content (AvgIpc) is 2.89. The van der Waals surface area contributed by atoms with Gasteiger partial charge in [0.05, 0.1) is 19.6 Å². The van der Waals surface area contributed by atoms with Crippen LogP contribution < -0.4 is 0 Å². The molecule has 2 fully saturated rings. The molecule has 6 nitrogen and oxygen atoms in total. The summed E-state index contributed by atoms with van der Waals surface area (Å²) in [5, 5.41) is 0. The quantitative estimate of drug-likeness (QED) is 0.475. The molecule has 0 aliphatic carbocycles. The van der Waals surface area contributed by atoms with Gasteiger partial charge in [0.2, 0.25) is 11.8 Å². The molecule has 2 rings (SSSR count). The predicted octanol–water partition coefficient (Wildman–Crippen LogP) is -0.619. The van der Waals surface area contributed by atoms with E-state index in [0.717, 1.165) is 11.3 Å². The number of likely N-dealkylation sites (tertiary alicyclic amines) is 2. The molecule has 2 aliphatic rings. The number of hydrogen-bond donors (Lipinski definition) is 0. The molecular weight excluding hydrogens is 224 g/mol. The first-order valence-electron chi connectivity index (χ1n) is 5.70. The molecule has 0 N–H and O–H groups in total. The lowest BCUT2D eigenvalue weighted by Crippen LogP contribution is -2.47. The van der Waals surface area contributed by atoms with Crippen LogP contribution in [-0.4, -0.2) is 60.4 Å². The molecule has 0 spiro atoms. The van der Waals surface area contributed by atoms with E-state index >= 15 is 0 Å². The molecule has 0 aromatic rings. The topological polar surface area (TPSA) is 66.9 Å². The maximum atomic E-state index is 11.9. The lowest BCUT2D eigenvalue weighted by Gasteiger charge is -2.26. The Labute approximate surface area is 99.5 Å². The van der Waals surface area contributed by atoms with Gasteiger partial charge in [-0.2, -0.15) is 0 Å². The maximum Gasteiger partial charge on any atom is 0.323 e. The van der Waals surface area contributed by atoms with Crippen LogP contribution in [0.2, 0.25) is 0 Å². The van der Waals surface area contributed by atoms with Crippen LogP contribution in [-0.2, 0) is 19.1 Å². The Hall–Kier alpha value is -1.43. The minimum atomic E-state index is -0.487. The van der Waals surface area contributed by atoms with Crippen LogP contribution in [0.5, 0.6) is 0 Å². The van der Waals surface area contributed by atoms with E-state index < -0.39 is 6.04 Å². The van der Waals surface area contributed by atoms with Crippen LogP contribution >= 0.6 is 0 Å². The van der Waals surface area contributed by atoms with E-state index in [1.807, 2.05) is 0 Å². The molecule has 2 unspecified atom stereocenters. The first kappa shape index (κ1) is 12.0. The normalized spacial score (nSPS) is 30.1. The minimum absolute atomic E-state index is 0.169. The van der Waals surface area contributed by atoms with Gasteiger partial charge in [0, 0.05) is 7.05 Å². The minimum Gasteiger partial charge on any atom is -0.468 e. The number of hydrogen-bond acceptors (Lipinski definition) is 5. The Morgan fingerprint density at radius 1 is 1.41 bits per heavy atom. The number of carbonyl (C=O) groups is 3. The fourth-order valence-corrected chi connectivity index (χ4v) is 2.55.